The second kappa shape index (κ2) is 6.63. The number of benzene rings is 1. The largest absolute Gasteiger partial charge is 0.492 e. The average molecular weight is 360 g/mol. The Hall–Kier alpha value is -0.370. The van der Waals surface area contributed by atoms with E-state index in [4.69, 9.17) is 4.74 Å². The van der Waals surface area contributed by atoms with E-state index in [9.17, 15) is 8.42 Å². The molecule has 0 atom stereocenters. The van der Waals surface area contributed by atoms with Crippen LogP contribution in [0.4, 0.5) is 0 Å². The molecule has 0 saturated carbocycles. The third kappa shape index (κ3) is 3.13. The van der Waals surface area contributed by atoms with Crippen LogP contribution in [0.25, 0.3) is 0 Å². The summed E-state index contributed by atoms with van der Waals surface area (Å²) in [4.78, 5) is 0.293. The second-order valence-electron chi connectivity index (χ2n) is 5.43. The summed E-state index contributed by atoms with van der Waals surface area (Å²) < 4.78 is 33.3. The van der Waals surface area contributed by atoms with Crippen molar-refractivity contribution in [3.8, 4) is 5.75 Å². The van der Waals surface area contributed by atoms with E-state index >= 15 is 0 Å². The summed E-state index contributed by atoms with van der Waals surface area (Å²) in [6, 6.07) is 6.95. The summed E-state index contributed by atoms with van der Waals surface area (Å²) in [5, 5.41) is 0. The first-order valence-corrected chi connectivity index (χ1v) is 11.0. The maximum absolute atomic E-state index is 13.1. The first-order valence-electron chi connectivity index (χ1n) is 7.57. The van der Waals surface area contributed by atoms with Crippen molar-refractivity contribution < 1.29 is 13.2 Å². The Morgan fingerprint density at radius 2 is 2.00 bits per heavy atom. The molecule has 2 aliphatic rings. The van der Waals surface area contributed by atoms with E-state index in [1.54, 1.807) is 22.5 Å². The van der Waals surface area contributed by atoms with E-state index in [0.29, 0.717) is 30.3 Å². The summed E-state index contributed by atoms with van der Waals surface area (Å²) in [6.45, 7) is 3.53. The Balaban J connectivity index is 1.89. The topological polar surface area (TPSA) is 46.6 Å². The molecule has 0 aliphatic carbocycles. The molecule has 2 aliphatic heterocycles. The molecule has 3 rings (SSSR count). The third-order valence-electron chi connectivity index (χ3n) is 3.96. The summed E-state index contributed by atoms with van der Waals surface area (Å²) in [5.74, 6) is 2.69. The molecule has 0 amide bonds. The number of thioether (sulfide) groups is 2. The molecule has 122 valence electrons. The van der Waals surface area contributed by atoms with Crippen molar-refractivity contribution in [2.24, 2.45) is 0 Å². The summed E-state index contributed by atoms with van der Waals surface area (Å²) in [6.07, 6.45) is 2.03. The second-order valence-corrected chi connectivity index (χ2v) is 10.6. The number of ether oxygens (including phenoxy) is 1. The molecule has 22 heavy (non-hydrogen) atoms. The molecule has 0 aromatic heterocycles. The minimum Gasteiger partial charge on any atom is -0.492 e. The van der Waals surface area contributed by atoms with Crippen LogP contribution in [0.5, 0.6) is 5.75 Å². The van der Waals surface area contributed by atoms with Gasteiger partial charge < -0.3 is 4.74 Å². The van der Waals surface area contributed by atoms with Crippen molar-refractivity contribution in [1.82, 2.24) is 4.31 Å². The molecule has 2 heterocycles. The van der Waals surface area contributed by atoms with Crippen LogP contribution in [0.3, 0.4) is 0 Å². The van der Waals surface area contributed by atoms with Crippen LogP contribution in [0.2, 0.25) is 0 Å². The zero-order valence-corrected chi connectivity index (χ0v) is 15.1. The smallest absolute Gasteiger partial charge is 0.246 e. The lowest BCUT2D eigenvalue weighted by molar-refractivity contribution is 0.321. The Labute approximate surface area is 141 Å². The number of hydrogen-bond acceptors (Lipinski definition) is 5. The van der Waals surface area contributed by atoms with Crippen molar-refractivity contribution in [3.63, 3.8) is 0 Å². The van der Waals surface area contributed by atoms with Gasteiger partial charge >= 0.3 is 0 Å². The quantitative estimate of drug-likeness (QED) is 0.827. The minimum absolute atomic E-state index is 0.0614. The molecule has 1 aromatic rings. The van der Waals surface area contributed by atoms with Crippen LogP contribution < -0.4 is 4.74 Å². The monoisotopic (exact) mass is 359 g/mol. The molecule has 2 fully saturated rings. The third-order valence-corrected chi connectivity index (χ3v) is 9.35. The number of nitrogens with zero attached hydrogens (tertiary/aromatic N) is 1. The molecular weight excluding hydrogens is 338 g/mol. The SMILES string of the molecule is CCOc1ccccc1S(=O)(=O)N1CCCC2(C1)SCCS2. The number of piperidine rings is 1. The van der Waals surface area contributed by atoms with Gasteiger partial charge in [-0.1, -0.05) is 12.1 Å². The first-order chi connectivity index (χ1) is 10.6. The summed E-state index contributed by atoms with van der Waals surface area (Å²) in [5.41, 5.74) is 0. The van der Waals surface area contributed by atoms with E-state index in [1.165, 1.54) is 0 Å². The van der Waals surface area contributed by atoms with Gasteiger partial charge in [-0.25, -0.2) is 8.42 Å². The van der Waals surface area contributed by atoms with E-state index in [0.717, 1.165) is 24.3 Å². The molecule has 0 bridgehead atoms. The Morgan fingerprint density at radius 3 is 2.73 bits per heavy atom. The molecule has 2 saturated heterocycles. The van der Waals surface area contributed by atoms with Gasteiger partial charge in [0.15, 0.2) is 0 Å². The van der Waals surface area contributed by atoms with Crippen molar-refractivity contribution in [2.75, 3.05) is 31.2 Å². The molecule has 1 spiro atoms. The van der Waals surface area contributed by atoms with Crippen molar-refractivity contribution in [2.45, 2.75) is 28.7 Å². The normalized spacial score (nSPS) is 22.0. The fourth-order valence-electron chi connectivity index (χ4n) is 2.97. The summed E-state index contributed by atoms with van der Waals surface area (Å²) >= 11 is 3.84. The van der Waals surface area contributed by atoms with Gasteiger partial charge in [0.05, 0.1) is 10.7 Å². The van der Waals surface area contributed by atoms with Gasteiger partial charge in [-0.05, 0) is 31.9 Å². The number of rotatable bonds is 4. The fourth-order valence-corrected chi connectivity index (χ4v) is 8.12. The molecule has 7 heteroatoms. The van der Waals surface area contributed by atoms with Crippen molar-refractivity contribution in [3.05, 3.63) is 24.3 Å². The van der Waals surface area contributed by atoms with Gasteiger partial charge in [0, 0.05) is 24.6 Å². The number of para-hydroxylation sites is 1. The standard InChI is InChI=1S/C15H21NO3S3/c1-2-19-13-6-3-4-7-14(13)22(17,18)16-9-5-8-15(12-16)20-10-11-21-15/h3-4,6-7H,2,5,8-12H2,1H3. The molecular formula is C15H21NO3S3. The highest BCUT2D eigenvalue weighted by molar-refractivity contribution is 8.21. The molecule has 1 aromatic carbocycles. The number of sulfonamides is 1. The molecule has 0 radical (unpaired) electrons. The maximum atomic E-state index is 13.1. The van der Waals surface area contributed by atoms with Crippen molar-refractivity contribution in [1.29, 1.82) is 0 Å². The fraction of sp³-hybridized carbons (Fsp3) is 0.600. The zero-order valence-electron chi connectivity index (χ0n) is 12.7. The van der Waals surface area contributed by atoms with E-state index in [1.807, 2.05) is 36.5 Å². The van der Waals surface area contributed by atoms with Crippen LogP contribution in [-0.2, 0) is 10.0 Å². The maximum Gasteiger partial charge on any atom is 0.246 e. The summed E-state index contributed by atoms with van der Waals surface area (Å²) in [7, 11) is -3.50. The average Bonchev–Trinajstić information content (AvgIpc) is 2.96. The lowest BCUT2D eigenvalue weighted by Crippen LogP contribution is -2.46. The Kier molecular flexibility index (Phi) is 4.97. The highest BCUT2D eigenvalue weighted by Crippen LogP contribution is 2.50. The van der Waals surface area contributed by atoms with E-state index in [2.05, 4.69) is 0 Å². The Bertz CT molecular complexity index is 627. The van der Waals surface area contributed by atoms with Gasteiger partial charge in [-0.2, -0.15) is 4.31 Å². The molecule has 0 unspecified atom stereocenters. The first kappa shape index (κ1) is 16.5. The van der Waals surface area contributed by atoms with Gasteiger partial charge in [-0.15, -0.1) is 23.5 Å². The highest BCUT2D eigenvalue weighted by atomic mass is 32.2. The van der Waals surface area contributed by atoms with Crippen LogP contribution in [0.1, 0.15) is 19.8 Å². The van der Waals surface area contributed by atoms with Crippen LogP contribution in [0.15, 0.2) is 29.2 Å². The van der Waals surface area contributed by atoms with Gasteiger partial charge in [0.2, 0.25) is 10.0 Å². The zero-order chi connectivity index (χ0) is 15.6. The lowest BCUT2D eigenvalue weighted by Gasteiger charge is -2.38. The van der Waals surface area contributed by atoms with E-state index < -0.39 is 10.0 Å². The van der Waals surface area contributed by atoms with Gasteiger partial charge in [0.25, 0.3) is 0 Å². The van der Waals surface area contributed by atoms with Gasteiger partial charge in [0.1, 0.15) is 10.6 Å². The lowest BCUT2D eigenvalue weighted by atomic mass is 10.1. The van der Waals surface area contributed by atoms with Crippen LogP contribution >= 0.6 is 23.5 Å². The number of hydrogen-bond donors (Lipinski definition) is 0. The molecule has 4 nitrogen and oxygen atoms in total. The minimum atomic E-state index is -3.50. The van der Waals surface area contributed by atoms with Crippen molar-refractivity contribution >= 4 is 33.5 Å². The highest BCUT2D eigenvalue weighted by Gasteiger charge is 2.43. The molecule has 0 N–H and O–H groups in total. The predicted octanol–water partition coefficient (Wildman–Crippen LogP) is 3.05. The van der Waals surface area contributed by atoms with Gasteiger partial charge in [-0.3, -0.25) is 0 Å². The predicted molar refractivity (Wildman–Crippen MR) is 93.3 cm³/mol. The van der Waals surface area contributed by atoms with Crippen LogP contribution in [0, 0.1) is 0 Å². The van der Waals surface area contributed by atoms with E-state index in [-0.39, 0.29) is 4.08 Å². The van der Waals surface area contributed by atoms with Crippen LogP contribution in [-0.4, -0.2) is 48.0 Å². The Morgan fingerprint density at radius 1 is 1.27 bits per heavy atom.